The number of hydrogen-bond donors (Lipinski definition) is 0. The molecule has 7 aromatic rings. The van der Waals surface area contributed by atoms with Crippen LogP contribution in [0.15, 0.2) is 152 Å². The maximum Gasteiger partial charge on any atom is 0.0504 e. The first-order valence-corrected chi connectivity index (χ1v) is 15.1. The van der Waals surface area contributed by atoms with Gasteiger partial charge in [-0.15, -0.1) is 0 Å². The monoisotopic (exact) mass is 549 g/mol. The summed E-state index contributed by atoms with van der Waals surface area (Å²) < 4.78 is 0. The van der Waals surface area contributed by atoms with Crippen LogP contribution in [-0.4, -0.2) is 4.98 Å². The Hall–Kier alpha value is -5.27. The van der Waals surface area contributed by atoms with E-state index in [0.717, 1.165) is 6.42 Å². The Kier molecular flexibility index (Phi) is 6.23. The second-order valence-electron chi connectivity index (χ2n) is 11.6. The Labute approximate surface area is 252 Å². The Morgan fingerprint density at radius 3 is 1.79 bits per heavy atom. The molecule has 1 atom stereocenters. The number of benzene rings is 6. The highest BCUT2D eigenvalue weighted by atomic mass is 14.7. The third-order valence-corrected chi connectivity index (χ3v) is 8.96. The second-order valence-corrected chi connectivity index (χ2v) is 11.6. The first-order valence-electron chi connectivity index (χ1n) is 15.1. The molecule has 0 N–H and O–H groups in total. The van der Waals surface area contributed by atoms with E-state index in [0.29, 0.717) is 5.92 Å². The largest absolute Gasteiger partial charge is 0.260 e. The second kappa shape index (κ2) is 10.5. The summed E-state index contributed by atoms with van der Waals surface area (Å²) >= 11 is 0. The zero-order valence-electron chi connectivity index (χ0n) is 24.2. The van der Waals surface area contributed by atoms with Gasteiger partial charge in [0.2, 0.25) is 0 Å². The molecule has 0 bridgehead atoms. The number of aromatic nitrogens is 1. The number of aryl methyl sites for hydroxylation is 1. The van der Waals surface area contributed by atoms with Crippen LogP contribution in [0.5, 0.6) is 0 Å². The predicted molar refractivity (Wildman–Crippen MR) is 183 cm³/mol. The summed E-state index contributed by atoms with van der Waals surface area (Å²) in [5.41, 5.74) is 10.1. The lowest BCUT2D eigenvalue weighted by Gasteiger charge is -2.19. The Balaban J connectivity index is 1.25. The van der Waals surface area contributed by atoms with Crippen molar-refractivity contribution >= 4 is 37.9 Å². The van der Waals surface area contributed by atoms with Crippen LogP contribution in [0.2, 0.25) is 0 Å². The molecule has 0 fully saturated rings. The minimum Gasteiger partial charge on any atom is -0.260 e. The molecule has 6 aromatic carbocycles. The lowest BCUT2D eigenvalue weighted by atomic mass is 9.85. The summed E-state index contributed by atoms with van der Waals surface area (Å²) in [6, 6.07) is 46.5. The van der Waals surface area contributed by atoms with Crippen molar-refractivity contribution in [3.8, 4) is 22.3 Å². The minimum absolute atomic E-state index is 0.331. The third kappa shape index (κ3) is 4.45. The fourth-order valence-electron chi connectivity index (χ4n) is 6.86. The van der Waals surface area contributed by atoms with E-state index in [9.17, 15) is 0 Å². The van der Waals surface area contributed by atoms with Crippen LogP contribution in [0.1, 0.15) is 29.2 Å². The van der Waals surface area contributed by atoms with E-state index in [1.54, 1.807) is 0 Å². The van der Waals surface area contributed by atoms with Gasteiger partial charge in [-0.05, 0) is 103 Å². The minimum atomic E-state index is 0.331. The zero-order valence-corrected chi connectivity index (χ0v) is 24.2. The van der Waals surface area contributed by atoms with E-state index in [1.165, 1.54) is 77.0 Å². The Morgan fingerprint density at radius 1 is 0.558 bits per heavy atom. The summed E-state index contributed by atoms with van der Waals surface area (Å²) in [5, 5.41) is 7.64. The lowest BCUT2D eigenvalue weighted by Crippen LogP contribution is -2.03. The van der Waals surface area contributed by atoms with Gasteiger partial charge in [-0.25, -0.2) is 0 Å². The molecule has 1 aliphatic carbocycles. The molecule has 0 saturated carbocycles. The first-order chi connectivity index (χ1) is 21.2. The molecule has 0 saturated heterocycles. The van der Waals surface area contributed by atoms with Crippen LogP contribution in [-0.2, 0) is 0 Å². The van der Waals surface area contributed by atoms with Crippen LogP contribution in [0.25, 0.3) is 60.1 Å². The molecule has 1 heterocycles. The number of rotatable bonds is 4. The van der Waals surface area contributed by atoms with Crippen molar-refractivity contribution in [1.29, 1.82) is 0 Å². The van der Waals surface area contributed by atoms with Gasteiger partial charge in [-0.1, -0.05) is 127 Å². The summed E-state index contributed by atoms with van der Waals surface area (Å²) in [4.78, 5) is 4.66. The van der Waals surface area contributed by atoms with Gasteiger partial charge in [0, 0.05) is 12.1 Å². The average Bonchev–Trinajstić information content (AvgIpc) is 3.07. The predicted octanol–water partition coefficient (Wildman–Crippen LogP) is 11.3. The highest BCUT2D eigenvalue weighted by molar-refractivity contribution is 6.21. The van der Waals surface area contributed by atoms with Gasteiger partial charge in [-0.3, -0.25) is 4.98 Å². The summed E-state index contributed by atoms with van der Waals surface area (Å²) in [5.74, 6) is 0.331. The maximum atomic E-state index is 4.66. The smallest absolute Gasteiger partial charge is 0.0504 e. The molecule has 0 aliphatic heterocycles. The fourth-order valence-corrected chi connectivity index (χ4v) is 6.86. The van der Waals surface area contributed by atoms with Crippen LogP contribution < -0.4 is 0 Å². The quantitative estimate of drug-likeness (QED) is 0.199. The Morgan fingerprint density at radius 2 is 1.16 bits per heavy atom. The fraction of sp³-hybridized carbons (Fsp3) is 0.0714. The van der Waals surface area contributed by atoms with Crippen molar-refractivity contribution in [3.05, 3.63) is 169 Å². The van der Waals surface area contributed by atoms with Crippen molar-refractivity contribution in [3.63, 3.8) is 0 Å². The maximum absolute atomic E-state index is 4.66. The van der Waals surface area contributed by atoms with E-state index < -0.39 is 0 Å². The number of hydrogen-bond acceptors (Lipinski definition) is 1. The van der Waals surface area contributed by atoms with Gasteiger partial charge in [0.15, 0.2) is 0 Å². The van der Waals surface area contributed by atoms with Crippen LogP contribution in [0.4, 0.5) is 0 Å². The van der Waals surface area contributed by atoms with E-state index in [1.807, 2.05) is 12.3 Å². The lowest BCUT2D eigenvalue weighted by molar-refractivity contribution is 0.808. The molecule has 0 spiro atoms. The molecular weight excluding hydrogens is 518 g/mol. The molecular formula is C42H31N. The van der Waals surface area contributed by atoms with Gasteiger partial charge in [0.25, 0.3) is 0 Å². The summed E-state index contributed by atoms with van der Waals surface area (Å²) in [6.45, 7) is 2.15. The molecule has 204 valence electrons. The molecule has 8 rings (SSSR count). The molecule has 0 amide bonds. The van der Waals surface area contributed by atoms with Crippen LogP contribution in [0, 0.1) is 6.92 Å². The van der Waals surface area contributed by atoms with Gasteiger partial charge < -0.3 is 0 Å². The van der Waals surface area contributed by atoms with Crippen molar-refractivity contribution < 1.29 is 0 Å². The standard InChI is InChI=1S/C42H31N/c1-28-10-9-25-43-42(28)32-21-17-29(18-22-32)33-23-19-30-20-24-34(27-35(30)26-33)41-38-15-7-5-13-36(38)40(31-11-3-2-4-12-31)37-14-6-8-16-39(37)41/h2-21,23-27,32H,22H2,1H3. The van der Waals surface area contributed by atoms with Gasteiger partial charge in [0.1, 0.15) is 0 Å². The van der Waals surface area contributed by atoms with Crippen LogP contribution in [0.3, 0.4) is 0 Å². The number of nitrogens with zero attached hydrogens (tertiary/aromatic N) is 1. The highest BCUT2D eigenvalue weighted by Crippen LogP contribution is 2.44. The average molecular weight is 550 g/mol. The van der Waals surface area contributed by atoms with Crippen LogP contribution >= 0.6 is 0 Å². The van der Waals surface area contributed by atoms with E-state index in [4.69, 9.17) is 0 Å². The zero-order chi connectivity index (χ0) is 28.8. The summed E-state index contributed by atoms with van der Waals surface area (Å²) in [7, 11) is 0. The third-order valence-electron chi connectivity index (χ3n) is 8.96. The Bertz CT molecular complexity index is 2160. The normalized spacial score (nSPS) is 14.8. The van der Waals surface area contributed by atoms with Crippen molar-refractivity contribution in [2.75, 3.05) is 0 Å². The molecule has 1 aliphatic rings. The molecule has 1 nitrogen and oxygen atoms in total. The SMILES string of the molecule is Cc1cccnc1C1C=CC(c2ccc3ccc(-c4c5ccccc5c(-c5ccccc5)c5ccccc45)cc3c2)=CC1. The van der Waals surface area contributed by atoms with E-state index >= 15 is 0 Å². The van der Waals surface area contributed by atoms with E-state index in [-0.39, 0.29) is 0 Å². The summed E-state index contributed by atoms with van der Waals surface area (Å²) in [6.07, 6.45) is 9.83. The van der Waals surface area contributed by atoms with Crippen molar-refractivity contribution in [2.45, 2.75) is 19.3 Å². The van der Waals surface area contributed by atoms with Gasteiger partial charge >= 0.3 is 0 Å². The molecule has 0 radical (unpaired) electrons. The molecule has 1 aromatic heterocycles. The molecule has 43 heavy (non-hydrogen) atoms. The van der Waals surface area contributed by atoms with Crippen molar-refractivity contribution in [2.24, 2.45) is 0 Å². The molecule has 1 unspecified atom stereocenters. The number of fused-ring (bicyclic) bond motifs is 3. The highest BCUT2D eigenvalue weighted by Gasteiger charge is 2.18. The number of pyridine rings is 1. The molecule has 1 heteroatoms. The van der Waals surface area contributed by atoms with Crippen molar-refractivity contribution in [1.82, 2.24) is 4.98 Å². The first kappa shape index (κ1) is 25.4. The topological polar surface area (TPSA) is 12.9 Å². The van der Waals surface area contributed by atoms with E-state index in [2.05, 4.69) is 151 Å². The van der Waals surface area contributed by atoms with Gasteiger partial charge in [0.05, 0.1) is 5.69 Å². The number of allylic oxidation sites excluding steroid dienone is 4. The van der Waals surface area contributed by atoms with Gasteiger partial charge in [-0.2, -0.15) is 0 Å².